The number of aromatic nitrogens is 4. The molecule has 0 fully saturated rings. The first-order valence-corrected chi connectivity index (χ1v) is 6.76. The average molecular weight is 294 g/mol. The van der Waals surface area contributed by atoms with Crippen LogP contribution < -0.4 is 5.32 Å². The number of anilines is 1. The van der Waals surface area contributed by atoms with Gasteiger partial charge in [-0.2, -0.15) is 4.68 Å². The van der Waals surface area contributed by atoms with Crippen molar-refractivity contribution in [1.82, 2.24) is 19.7 Å². The third-order valence-corrected chi connectivity index (χ3v) is 3.91. The Bertz CT molecular complexity index is 657. The van der Waals surface area contributed by atoms with Crippen molar-refractivity contribution in [1.29, 1.82) is 0 Å². The van der Waals surface area contributed by atoms with Gasteiger partial charge in [-0.1, -0.05) is 4.98 Å². The van der Waals surface area contributed by atoms with Crippen molar-refractivity contribution in [3.8, 4) is 0 Å². The Morgan fingerprint density at radius 2 is 2.40 bits per heavy atom. The summed E-state index contributed by atoms with van der Waals surface area (Å²) in [5.74, 6) is -0.858. The summed E-state index contributed by atoms with van der Waals surface area (Å²) < 4.78 is 1.12. The van der Waals surface area contributed by atoms with E-state index in [9.17, 15) is 14.9 Å². The molecule has 0 atom stereocenters. The third kappa shape index (κ3) is 2.50. The van der Waals surface area contributed by atoms with E-state index in [-0.39, 0.29) is 12.5 Å². The molecule has 10 heteroatoms. The topological polar surface area (TPSA) is 116 Å². The van der Waals surface area contributed by atoms with Gasteiger partial charge in [0.05, 0.1) is 5.69 Å². The van der Waals surface area contributed by atoms with Gasteiger partial charge >= 0.3 is 5.95 Å². The summed E-state index contributed by atoms with van der Waals surface area (Å²) in [5, 5.41) is 17.2. The van der Waals surface area contributed by atoms with E-state index in [4.69, 9.17) is 0 Å². The average Bonchev–Trinajstić information content (AvgIpc) is 3.03. The monoisotopic (exact) mass is 294 g/mol. The van der Waals surface area contributed by atoms with Crippen molar-refractivity contribution in [2.75, 3.05) is 5.32 Å². The van der Waals surface area contributed by atoms with Crippen molar-refractivity contribution < 1.29 is 9.72 Å². The molecule has 104 valence electrons. The van der Waals surface area contributed by atoms with Crippen molar-refractivity contribution in [2.24, 2.45) is 0 Å². The molecule has 0 saturated heterocycles. The third-order valence-electron chi connectivity index (χ3n) is 2.84. The fourth-order valence-electron chi connectivity index (χ4n) is 1.99. The zero-order valence-electron chi connectivity index (χ0n) is 10.3. The van der Waals surface area contributed by atoms with Gasteiger partial charge in [0.15, 0.2) is 5.13 Å². The molecule has 2 aromatic heterocycles. The predicted octanol–water partition coefficient (Wildman–Crippen LogP) is 0.770. The SMILES string of the molecule is O=C(Cn1cnc([N+](=O)[O-])n1)Nc1nc2c(s1)CCC2. The van der Waals surface area contributed by atoms with E-state index in [0.29, 0.717) is 5.13 Å². The molecule has 0 aliphatic heterocycles. The molecular weight excluding hydrogens is 284 g/mol. The second-order valence-electron chi connectivity index (χ2n) is 4.29. The molecule has 3 rings (SSSR count). The fraction of sp³-hybridized carbons (Fsp3) is 0.400. The number of amides is 1. The van der Waals surface area contributed by atoms with Gasteiger partial charge in [-0.25, -0.2) is 4.98 Å². The highest BCUT2D eigenvalue weighted by Gasteiger charge is 2.19. The molecule has 20 heavy (non-hydrogen) atoms. The zero-order chi connectivity index (χ0) is 14.1. The molecule has 9 nitrogen and oxygen atoms in total. The van der Waals surface area contributed by atoms with Crippen molar-refractivity contribution in [3.05, 3.63) is 27.0 Å². The number of nitro groups is 1. The molecule has 0 spiro atoms. The Morgan fingerprint density at radius 1 is 1.55 bits per heavy atom. The molecule has 0 saturated carbocycles. The van der Waals surface area contributed by atoms with Crippen LogP contribution in [0.4, 0.5) is 11.1 Å². The molecule has 0 bridgehead atoms. The standard InChI is InChI=1S/C10H10N6O3S/c17-8(4-15-5-11-9(14-15)16(18)19)13-10-12-6-2-1-3-7(6)20-10/h5H,1-4H2,(H,12,13,17). The van der Waals surface area contributed by atoms with Crippen LogP contribution >= 0.6 is 11.3 Å². The first-order chi connectivity index (χ1) is 9.61. The van der Waals surface area contributed by atoms with E-state index in [0.717, 1.165) is 36.0 Å². The van der Waals surface area contributed by atoms with Gasteiger partial charge in [0.2, 0.25) is 12.2 Å². The van der Waals surface area contributed by atoms with Crippen molar-refractivity contribution >= 4 is 28.3 Å². The smallest absolute Gasteiger partial charge is 0.390 e. The number of carbonyl (C=O) groups is 1. The van der Waals surface area contributed by atoms with Crippen LogP contribution in [0.5, 0.6) is 0 Å². The van der Waals surface area contributed by atoms with Crippen LogP contribution in [0.2, 0.25) is 0 Å². The van der Waals surface area contributed by atoms with Gasteiger partial charge < -0.3 is 15.4 Å². The zero-order valence-corrected chi connectivity index (χ0v) is 11.1. The summed E-state index contributed by atoms with van der Waals surface area (Å²) in [6.07, 6.45) is 4.24. The van der Waals surface area contributed by atoms with E-state index in [2.05, 4.69) is 20.4 Å². The first-order valence-electron chi connectivity index (χ1n) is 5.94. The Balaban J connectivity index is 1.62. The summed E-state index contributed by atoms with van der Waals surface area (Å²) in [6, 6.07) is 0. The molecule has 0 aromatic carbocycles. The van der Waals surface area contributed by atoms with E-state index in [1.807, 2.05) is 0 Å². The largest absolute Gasteiger partial charge is 0.490 e. The second kappa shape index (κ2) is 4.96. The van der Waals surface area contributed by atoms with Gasteiger partial charge in [-0.05, 0) is 24.2 Å². The Labute approximate surface area is 116 Å². The van der Waals surface area contributed by atoms with Gasteiger partial charge in [0.1, 0.15) is 6.54 Å². The maximum absolute atomic E-state index is 11.8. The number of fused-ring (bicyclic) bond motifs is 1. The number of nitrogens with zero attached hydrogens (tertiary/aromatic N) is 5. The molecule has 1 aliphatic carbocycles. The number of thiazole rings is 1. The number of aryl methyl sites for hydroxylation is 2. The molecule has 2 heterocycles. The van der Waals surface area contributed by atoms with E-state index in [1.165, 1.54) is 16.2 Å². The van der Waals surface area contributed by atoms with E-state index < -0.39 is 10.9 Å². The van der Waals surface area contributed by atoms with Crippen LogP contribution in [-0.2, 0) is 24.2 Å². The highest BCUT2D eigenvalue weighted by atomic mass is 32.1. The molecule has 2 aromatic rings. The van der Waals surface area contributed by atoms with Crippen LogP contribution in [0.15, 0.2) is 6.33 Å². The van der Waals surface area contributed by atoms with Crippen LogP contribution in [0.1, 0.15) is 17.0 Å². The lowest BCUT2D eigenvalue weighted by molar-refractivity contribution is -0.394. The van der Waals surface area contributed by atoms with E-state index in [1.54, 1.807) is 0 Å². The maximum Gasteiger partial charge on any atom is 0.490 e. The van der Waals surface area contributed by atoms with Gasteiger partial charge in [-0.15, -0.1) is 11.3 Å². The normalized spacial score (nSPS) is 13.2. The first kappa shape index (κ1) is 12.7. The highest BCUT2D eigenvalue weighted by Crippen LogP contribution is 2.30. The highest BCUT2D eigenvalue weighted by molar-refractivity contribution is 7.15. The number of hydrogen-bond donors (Lipinski definition) is 1. The summed E-state index contributed by atoms with van der Waals surface area (Å²) in [5.41, 5.74) is 1.06. The van der Waals surface area contributed by atoms with Crippen molar-refractivity contribution in [2.45, 2.75) is 25.8 Å². The second-order valence-corrected chi connectivity index (χ2v) is 5.37. The molecular formula is C10H10N6O3S. The maximum atomic E-state index is 11.8. The Morgan fingerprint density at radius 3 is 3.10 bits per heavy atom. The lowest BCUT2D eigenvalue weighted by Gasteiger charge is -1.99. The van der Waals surface area contributed by atoms with Crippen LogP contribution in [0.25, 0.3) is 0 Å². The van der Waals surface area contributed by atoms with Crippen LogP contribution in [-0.4, -0.2) is 30.6 Å². The fourth-order valence-corrected chi connectivity index (χ4v) is 3.06. The Hall–Kier alpha value is -2.36. The number of rotatable bonds is 4. The minimum absolute atomic E-state index is 0.134. The lowest BCUT2D eigenvalue weighted by Crippen LogP contribution is -2.19. The lowest BCUT2D eigenvalue weighted by atomic mass is 10.4. The summed E-state index contributed by atoms with van der Waals surface area (Å²) in [4.78, 5) is 30.5. The van der Waals surface area contributed by atoms with E-state index >= 15 is 0 Å². The quantitative estimate of drug-likeness (QED) is 0.657. The Kier molecular flexibility index (Phi) is 3.14. The van der Waals surface area contributed by atoms with Gasteiger partial charge in [0.25, 0.3) is 0 Å². The molecule has 0 unspecified atom stereocenters. The molecule has 1 N–H and O–H groups in total. The molecule has 1 amide bonds. The van der Waals surface area contributed by atoms with Crippen molar-refractivity contribution in [3.63, 3.8) is 0 Å². The number of nitrogens with one attached hydrogen (secondary N) is 1. The van der Waals surface area contributed by atoms with Crippen LogP contribution in [0.3, 0.4) is 0 Å². The van der Waals surface area contributed by atoms with Gasteiger partial charge in [0, 0.05) is 9.98 Å². The molecule has 1 aliphatic rings. The summed E-state index contributed by atoms with van der Waals surface area (Å²) >= 11 is 1.47. The minimum atomic E-state index is -0.709. The summed E-state index contributed by atoms with van der Waals surface area (Å²) in [7, 11) is 0. The summed E-state index contributed by atoms with van der Waals surface area (Å²) in [6.45, 7) is -0.134. The number of hydrogen-bond acceptors (Lipinski definition) is 7. The van der Waals surface area contributed by atoms with Crippen LogP contribution in [0, 0.1) is 10.1 Å². The minimum Gasteiger partial charge on any atom is -0.390 e. The predicted molar refractivity (Wildman–Crippen MR) is 69.4 cm³/mol. The number of carbonyl (C=O) groups excluding carboxylic acids is 1. The molecule has 0 radical (unpaired) electrons. The van der Waals surface area contributed by atoms with Gasteiger partial charge in [-0.3, -0.25) is 4.79 Å².